The second kappa shape index (κ2) is 10.1. The Morgan fingerprint density at radius 3 is 2.50 bits per heavy atom. The van der Waals surface area contributed by atoms with E-state index in [1.54, 1.807) is 31.2 Å². The Morgan fingerprint density at radius 2 is 1.83 bits per heavy atom. The largest absolute Gasteiger partial charge is 0.481 e. The molecular formula is C21H20ClN3O3S2. The fourth-order valence-electron chi connectivity index (χ4n) is 2.59. The number of rotatable bonds is 8. The third kappa shape index (κ3) is 5.81. The summed E-state index contributed by atoms with van der Waals surface area (Å²) in [5, 5.41) is 11.7. The number of ether oxygens (including phenoxy) is 1. The van der Waals surface area contributed by atoms with Gasteiger partial charge in [-0.3, -0.25) is 14.9 Å². The number of carbonyl (C=O) groups excluding carboxylic acids is 2. The number of hydrogen-bond acceptors (Lipinski definition) is 7. The van der Waals surface area contributed by atoms with Crippen LogP contribution in [0.1, 0.15) is 28.4 Å². The number of aromatic nitrogens is 2. The molecule has 1 amide bonds. The van der Waals surface area contributed by atoms with Gasteiger partial charge in [-0.1, -0.05) is 65.0 Å². The number of nitrogens with one attached hydrogen (secondary N) is 1. The summed E-state index contributed by atoms with van der Waals surface area (Å²) >= 11 is 8.67. The number of nitrogens with zero attached hydrogens (tertiary/aromatic N) is 2. The zero-order chi connectivity index (χ0) is 21.7. The van der Waals surface area contributed by atoms with Crippen LogP contribution in [0.25, 0.3) is 0 Å². The first-order valence-corrected chi connectivity index (χ1v) is 11.3. The number of amides is 1. The number of halogens is 1. The molecule has 156 valence electrons. The summed E-state index contributed by atoms with van der Waals surface area (Å²) in [6.45, 7) is 5.43. The molecule has 6 nitrogen and oxygen atoms in total. The summed E-state index contributed by atoms with van der Waals surface area (Å²) in [6.07, 6.45) is -0.732. The summed E-state index contributed by atoms with van der Waals surface area (Å²) in [5.41, 5.74) is 2.42. The van der Waals surface area contributed by atoms with Crippen LogP contribution in [-0.4, -0.2) is 33.7 Å². The van der Waals surface area contributed by atoms with Crippen molar-refractivity contribution in [3.63, 3.8) is 0 Å². The Bertz CT molecular complexity index is 1030. The Kier molecular flexibility index (Phi) is 7.47. The Morgan fingerprint density at radius 1 is 1.17 bits per heavy atom. The number of carbonyl (C=O) groups is 2. The molecule has 1 heterocycles. The Labute approximate surface area is 188 Å². The molecule has 0 aliphatic rings. The number of ketones is 1. The van der Waals surface area contributed by atoms with Gasteiger partial charge in [0, 0.05) is 10.6 Å². The Balaban J connectivity index is 1.53. The van der Waals surface area contributed by atoms with E-state index in [0.717, 1.165) is 11.1 Å². The lowest BCUT2D eigenvalue weighted by molar-refractivity contribution is -0.122. The highest BCUT2D eigenvalue weighted by Gasteiger charge is 2.18. The lowest BCUT2D eigenvalue weighted by Gasteiger charge is -2.15. The van der Waals surface area contributed by atoms with Crippen LogP contribution in [0.5, 0.6) is 5.75 Å². The normalized spacial score (nSPS) is 11.7. The van der Waals surface area contributed by atoms with Crippen LogP contribution in [0.15, 0.2) is 46.8 Å². The van der Waals surface area contributed by atoms with Crippen molar-refractivity contribution in [2.75, 3.05) is 11.1 Å². The fraction of sp³-hybridized carbons (Fsp3) is 0.238. The van der Waals surface area contributed by atoms with E-state index in [0.29, 0.717) is 25.8 Å². The van der Waals surface area contributed by atoms with Gasteiger partial charge in [-0.25, -0.2) is 0 Å². The van der Waals surface area contributed by atoms with Gasteiger partial charge in [-0.05, 0) is 44.0 Å². The van der Waals surface area contributed by atoms with Gasteiger partial charge in [-0.2, -0.15) is 0 Å². The first kappa shape index (κ1) is 22.3. The summed E-state index contributed by atoms with van der Waals surface area (Å²) in [5.74, 6) is 0.497. The van der Waals surface area contributed by atoms with Crippen molar-refractivity contribution in [2.24, 2.45) is 0 Å². The van der Waals surface area contributed by atoms with E-state index >= 15 is 0 Å². The second-order valence-corrected chi connectivity index (χ2v) is 9.15. The van der Waals surface area contributed by atoms with Crippen LogP contribution in [-0.2, 0) is 4.79 Å². The molecular weight excluding hydrogens is 442 g/mol. The fourth-order valence-corrected chi connectivity index (χ4v) is 4.35. The highest BCUT2D eigenvalue weighted by atomic mass is 35.5. The smallest absolute Gasteiger partial charge is 0.266 e. The average Bonchev–Trinajstić information content (AvgIpc) is 3.18. The minimum absolute atomic E-state index is 0.0111. The third-order valence-electron chi connectivity index (χ3n) is 4.15. The van der Waals surface area contributed by atoms with Crippen molar-refractivity contribution in [1.29, 1.82) is 0 Å². The number of Topliss-reactive ketones (excluding diaryl/α,β-unsaturated/α-hetero) is 1. The van der Waals surface area contributed by atoms with Crippen molar-refractivity contribution in [2.45, 2.75) is 31.2 Å². The molecule has 0 saturated heterocycles. The van der Waals surface area contributed by atoms with E-state index in [9.17, 15) is 9.59 Å². The molecule has 1 atom stereocenters. The molecule has 9 heteroatoms. The van der Waals surface area contributed by atoms with Crippen LogP contribution >= 0.6 is 34.7 Å². The zero-order valence-corrected chi connectivity index (χ0v) is 19.0. The van der Waals surface area contributed by atoms with Crippen molar-refractivity contribution >= 4 is 51.5 Å². The third-order valence-corrected chi connectivity index (χ3v) is 6.72. The molecule has 3 rings (SSSR count). The average molecular weight is 462 g/mol. The maximum atomic E-state index is 12.4. The van der Waals surface area contributed by atoms with Gasteiger partial charge in [0.1, 0.15) is 5.75 Å². The first-order chi connectivity index (χ1) is 14.3. The summed E-state index contributed by atoms with van der Waals surface area (Å²) in [7, 11) is 0. The monoisotopic (exact) mass is 461 g/mol. The lowest BCUT2D eigenvalue weighted by Crippen LogP contribution is -2.30. The molecule has 2 aromatic carbocycles. The van der Waals surface area contributed by atoms with E-state index in [4.69, 9.17) is 16.3 Å². The molecule has 0 saturated carbocycles. The SMILES string of the molecule is Cc1cc(OC(C)C(=O)Nc2nnc(SCC(=O)c3ccccc3)s2)cc(C)c1Cl. The van der Waals surface area contributed by atoms with Crippen LogP contribution < -0.4 is 10.1 Å². The molecule has 1 aromatic heterocycles. The predicted octanol–water partition coefficient (Wildman–Crippen LogP) is 5.19. The molecule has 0 radical (unpaired) electrons. The molecule has 1 N–H and O–H groups in total. The molecule has 0 bridgehead atoms. The topological polar surface area (TPSA) is 81.2 Å². The van der Waals surface area contributed by atoms with E-state index in [-0.39, 0.29) is 17.4 Å². The summed E-state index contributed by atoms with van der Waals surface area (Å²) < 4.78 is 6.34. The number of thioether (sulfide) groups is 1. The minimum Gasteiger partial charge on any atom is -0.481 e. The van der Waals surface area contributed by atoms with Gasteiger partial charge < -0.3 is 4.74 Å². The highest BCUT2D eigenvalue weighted by Crippen LogP contribution is 2.28. The van der Waals surface area contributed by atoms with Crippen LogP contribution in [0, 0.1) is 13.8 Å². The molecule has 1 unspecified atom stereocenters. The number of aryl methyl sites for hydroxylation is 2. The molecule has 0 spiro atoms. The van der Waals surface area contributed by atoms with Crippen LogP contribution in [0.3, 0.4) is 0 Å². The zero-order valence-electron chi connectivity index (χ0n) is 16.6. The minimum atomic E-state index is -0.732. The van der Waals surface area contributed by atoms with Crippen LogP contribution in [0.4, 0.5) is 5.13 Å². The van der Waals surface area contributed by atoms with E-state index < -0.39 is 6.10 Å². The van der Waals surface area contributed by atoms with Gasteiger partial charge >= 0.3 is 0 Å². The Hall–Kier alpha value is -2.42. The number of anilines is 1. The van der Waals surface area contributed by atoms with Gasteiger partial charge in [0.05, 0.1) is 5.75 Å². The van der Waals surface area contributed by atoms with Gasteiger partial charge in [-0.15, -0.1) is 10.2 Å². The number of hydrogen-bond donors (Lipinski definition) is 1. The first-order valence-electron chi connectivity index (χ1n) is 9.12. The summed E-state index contributed by atoms with van der Waals surface area (Å²) in [6, 6.07) is 12.7. The van der Waals surface area contributed by atoms with Crippen molar-refractivity contribution in [1.82, 2.24) is 10.2 Å². The van der Waals surface area contributed by atoms with Crippen molar-refractivity contribution in [3.05, 3.63) is 64.2 Å². The molecule has 3 aromatic rings. The van der Waals surface area contributed by atoms with Gasteiger partial charge in [0.15, 0.2) is 16.2 Å². The van der Waals surface area contributed by atoms with Crippen molar-refractivity contribution in [3.8, 4) is 5.75 Å². The molecule has 0 aliphatic carbocycles. The predicted molar refractivity (Wildman–Crippen MR) is 121 cm³/mol. The standard InChI is InChI=1S/C21H20ClN3O3S2/c1-12-9-16(10-13(2)18(12)22)28-14(3)19(27)23-20-24-25-21(30-20)29-11-17(26)15-7-5-4-6-8-15/h4-10,14H,11H2,1-3H3,(H,23,24,27). The second-order valence-electron chi connectivity index (χ2n) is 6.57. The molecule has 0 fully saturated rings. The van der Waals surface area contributed by atoms with E-state index in [1.807, 2.05) is 32.0 Å². The maximum absolute atomic E-state index is 12.4. The quantitative estimate of drug-likeness (QED) is 0.282. The van der Waals surface area contributed by atoms with Gasteiger partial charge in [0.2, 0.25) is 5.13 Å². The number of benzene rings is 2. The van der Waals surface area contributed by atoms with Gasteiger partial charge in [0.25, 0.3) is 5.91 Å². The highest BCUT2D eigenvalue weighted by molar-refractivity contribution is 8.01. The van der Waals surface area contributed by atoms with E-state index in [2.05, 4.69) is 15.5 Å². The van der Waals surface area contributed by atoms with E-state index in [1.165, 1.54) is 23.1 Å². The van der Waals surface area contributed by atoms with Crippen molar-refractivity contribution < 1.29 is 14.3 Å². The lowest BCUT2D eigenvalue weighted by atomic mass is 10.1. The molecule has 0 aliphatic heterocycles. The van der Waals surface area contributed by atoms with Crippen LogP contribution in [0.2, 0.25) is 5.02 Å². The summed E-state index contributed by atoms with van der Waals surface area (Å²) in [4.78, 5) is 24.6. The maximum Gasteiger partial charge on any atom is 0.266 e. The molecule has 30 heavy (non-hydrogen) atoms.